The van der Waals surface area contributed by atoms with Gasteiger partial charge in [0.25, 0.3) is 0 Å². The summed E-state index contributed by atoms with van der Waals surface area (Å²) in [5.41, 5.74) is 2.37. The Bertz CT molecular complexity index is 384. The zero-order chi connectivity index (χ0) is 12.1. The van der Waals surface area contributed by atoms with E-state index in [2.05, 4.69) is 18.3 Å². The third-order valence-corrected chi connectivity index (χ3v) is 3.19. The Labute approximate surface area is 102 Å². The van der Waals surface area contributed by atoms with Crippen molar-refractivity contribution in [2.75, 3.05) is 6.61 Å². The quantitative estimate of drug-likeness (QED) is 0.869. The lowest BCUT2D eigenvalue weighted by atomic mass is 10.1. The Kier molecular flexibility index (Phi) is 4.15. The van der Waals surface area contributed by atoms with Gasteiger partial charge in [0, 0.05) is 13.2 Å². The first-order chi connectivity index (χ1) is 8.27. The fourth-order valence-electron chi connectivity index (χ4n) is 2.05. The van der Waals surface area contributed by atoms with Gasteiger partial charge in [-0.3, -0.25) is 4.79 Å². The molecule has 1 fully saturated rings. The van der Waals surface area contributed by atoms with Gasteiger partial charge in [0.2, 0.25) is 5.91 Å². The summed E-state index contributed by atoms with van der Waals surface area (Å²) in [7, 11) is 0. The molecule has 1 amide bonds. The topological polar surface area (TPSA) is 38.3 Å². The van der Waals surface area contributed by atoms with Crippen LogP contribution in [0.3, 0.4) is 0 Å². The van der Waals surface area contributed by atoms with Crippen LogP contribution in [0.25, 0.3) is 0 Å². The highest BCUT2D eigenvalue weighted by Crippen LogP contribution is 2.13. The summed E-state index contributed by atoms with van der Waals surface area (Å²) in [4.78, 5) is 11.8. The molecular weight excluding hydrogens is 214 g/mol. The van der Waals surface area contributed by atoms with E-state index >= 15 is 0 Å². The molecule has 0 saturated carbocycles. The Balaban J connectivity index is 1.85. The van der Waals surface area contributed by atoms with Crippen LogP contribution in [-0.2, 0) is 16.1 Å². The van der Waals surface area contributed by atoms with Gasteiger partial charge in [-0.2, -0.15) is 0 Å². The molecule has 92 valence electrons. The average molecular weight is 233 g/mol. The van der Waals surface area contributed by atoms with Gasteiger partial charge in [-0.05, 0) is 37.3 Å². The van der Waals surface area contributed by atoms with E-state index in [1.54, 1.807) is 0 Å². The average Bonchev–Trinajstić information content (AvgIpc) is 2.38. The molecule has 1 heterocycles. The van der Waals surface area contributed by atoms with Crippen molar-refractivity contribution in [2.45, 2.75) is 38.8 Å². The molecule has 17 heavy (non-hydrogen) atoms. The van der Waals surface area contributed by atoms with Gasteiger partial charge in [-0.25, -0.2) is 0 Å². The van der Waals surface area contributed by atoms with Crippen LogP contribution in [0.15, 0.2) is 24.3 Å². The van der Waals surface area contributed by atoms with Crippen LogP contribution in [0, 0.1) is 6.92 Å². The molecule has 0 spiro atoms. The monoisotopic (exact) mass is 233 g/mol. The minimum Gasteiger partial charge on any atom is -0.368 e. The maximum absolute atomic E-state index is 11.8. The summed E-state index contributed by atoms with van der Waals surface area (Å²) >= 11 is 0. The van der Waals surface area contributed by atoms with Crippen LogP contribution in [0.1, 0.15) is 30.4 Å². The lowest BCUT2D eigenvalue weighted by molar-refractivity contribution is -0.135. The molecule has 2 rings (SSSR count). The number of benzene rings is 1. The minimum atomic E-state index is -0.243. The Morgan fingerprint density at radius 1 is 1.41 bits per heavy atom. The van der Waals surface area contributed by atoms with Gasteiger partial charge in [-0.15, -0.1) is 0 Å². The largest absolute Gasteiger partial charge is 0.368 e. The van der Waals surface area contributed by atoms with E-state index < -0.39 is 0 Å². The first kappa shape index (κ1) is 12.1. The standard InChI is InChI=1S/C14H19NO2/c1-11-6-2-3-7-12(11)10-15-14(16)13-8-4-5-9-17-13/h2-3,6-7,13H,4-5,8-10H2,1H3,(H,15,16). The summed E-state index contributed by atoms with van der Waals surface area (Å²) in [6, 6.07) is 8.09. The maximum atomic E-state index is 11.8. The maximum Gasteiger partial charge on any atom is 0.249 e. The van der Waals surface area contributed by atoms with Gasteiger partial charge >= 0.3 is 0 Å². The number of rotatable bonds is 3. The number of aryl methyl sites for hydroxylation is 1. The predicted octanol–water partition coefficient (Wildman–Crippen LogP) is 2.18. The predicted molar refractivity (Wildman–Crippen MR) is 66.6 cm³/mol. The number of amides is 1. The number of hydrogen-bond donors (Lipinski definition) is 1. The second kappa shape index (κ2) is 5.82. The third-order valence-electron chi connectivity index (χ3n) is 3.19. The van der Waals surface area contributed by atoms with Crippen molar-refractivity contribution in [3.8, 4) is 0 Å². The molecule has 1 N–H and O–H groups in total. The van der Waals surface area contributed by atoms with Gasteiger partial charge in [0.15, 0.2) is 0 Å². The lowest BCUT2D eigenvalue weighted by Gasteiger charge is -2.21. The Morgan fingerprint density at radius 3 is 2.94 bits per heavy atom. The molecule has 1 unspecified atom stereocenters. The molecule has 0 aliphatic carbocycles. The Morgan fingerprint density at radius 2 is 2.24 bits per heavy atom. The van der Waals surface area contributed by atoms with Crippen molar-refractivity contribution in [3.05, 3.63) is 35.4 Å². The van der Waals surface area contributed by atoms with E-state index in [1.165, 1.54) is 5.56 Å². The number of hydrogen-bond acceptors (Lipinski definition) is 2. The fraction of sp³-hybridized carbons (Fsp3) is 0.500. The van der Waals surface area contributed by atoms with Gasteiger partial charge in [0.1, 0.15) is 6.10 Å². The summed E-state index contributed by atoms with van der Waals surface area (Å²) in [5, 5.41) is 2.95. The van der Waals surface area contributed by atoms with E-state index in [1.807, 2.05) is 18.2 Å². The van der Waals surface area contributed by atoms with Crippen LogP contribution in [-0.4, -0.2) is 18.6 Å². The van der Waals surface area contributed by atoms with E-state index in [0.717, 1.165) is 24.8 Å². The molecule has 1 aliphatic heterocycles. The van der Waals surface area contributed by atoms with Crippen molar-refractivity contribution < 1.29 is 9.53 Å². The van der Waals surface area contributed by atoms with Gasteiger partial charge in [0.05, 0.1) is 0 Å². The second-order valence-corrected chi connectivity index (χ2v) is 4.50. The zero-order valence-corrected chi connectivity index (χ0v) is 10.2. The lowest BCUT2D eigenvalue weighted by Crippen LogP contribution is -2.38. The molecular formula is C14H19NO2. The van der Waals surface area contributed by atoms with Crippen LogP contribution in [0.4, 0.5) is 0 Å². The molecule has 1 aromatic carbocycles. The van der Waals surface area contributed by atoms with Crippen molar-refractivity contribution in [3.63, 3.8) is 0 Å². The first-order valence-electron chi connectivity index (χ1n) is 6.21. The highest BCUT2D eigenvalue weighted by Gasteiger charge is 2.21. The number of carbonyl (C=O) groups excluding carboxylic acids is 1. The molecule has 0 aromatic heterocycles. The van der Waals surface area contributed by atoms with E-state index in [9.17, 15) is 4.79 Å². The third kappa shape index (κ3) is 3.30. The van der Waals surface area contributed by atoms with E-state index in [-0.39, 0.29) is 12.0 Å². The van der Waals surface area contributed by atoms with Crippen molar-refractivity contribution in [2.24, 2.45) is 0 Å². The Hall–Kier alpha value is -1.35. The van der Waals surface area contributed by atoms with Crippen LogP contribution >= 0.6 is 0 Å². The fourth-order valence-corrected chi connectivity index (χ4v) is 2.05. The molecule has 0 bridgehead atoms. The van der Waals surface area contributed by atoms with Crippen molar-refractivity contribution in [1.82, 2.24) is 5.32 Å². The molecule has 1 atom stereocenters. The zero-order valence-electron chi connectivity index (χ0n) is 10.2. The van der Waals surface area contributed by atoms with E-state index in [4.69, 9.17) is 4.74 Å². The van der Waals surface area contributed by atoms with Crippen LogP contribution in [0.5, 0.6) is 0 Å². The molecule has 3 nitrogen and oxygen atoms in total. The number of nitrogens with one attached hydrogen (secondary N) is 1. The number of ether oxygens (including phenoxy) is 1. The number of carbonyl (C=O) groups is 1. The van der Waals surface area contributed by atoms with Crippen molar-refractivity contribution in [1.29, 1.82) is 0 Å². The highest BCUT2D eigenvalue weighted by molar-refractivity contribution is 5.80. The SMILES string of the molecule is Cc1ccccc1CNC(=O)C1CCCCO1. The smallest absolute Gasteiger partial charge is 0.249 e. The molecule has 3 heteroatoms. The van der Waals surface area contributed by atoms with Crippen molar-refractivity contribution >= 4 is 5.91 Å². The summed E-state index contributed by atoms with van der Waals surface area (Å²) in [6.45, 7) is 3.35. The summed E-state index contributed by atoms with van der Waals surface area (Å²) < 4.78 is 5.45. The highest BCUT2D eigenvalue weighted by atomic mass is 16.5. The summed E-state index contributed by atoms with van der Waals surface area (Å²) in [6.07, 6.45) is 2.76. The van der Waals surface area contributed by atoms with E-state index in [0.29, 0.717) is 13.2 Å². The molecule has 0 radical (unpaired) electrons. The molecule has 1 aromatic rings. The molecule has 1 aliphatic rings. The van der Waals surface area contributed by atoms with Crippen LogP contribution < -0.4 is 5.32 Å². The normalized spacial score (nSPS) is 19.9. The van der Waals surface area contributed by atoms with Gasteiger partial charge < -0.3 is 10.1 Å². The second-order valence-electron chi connectivity index (χ2n) is 4.50. The molecule has 1 saturated heterocycles. The first-order valence-corrected chi connectivity index (χ1v) is 6.21. The minimum absolute atomic E-state index is 0.0213. The summed E-state index contributed by atoms with van der Waals surface area (Å²) in [5.74, 6) is 0.0213. The van der Waals surface area contributed by atoms with Gasteiger partial charge in [-0.1, -0.05) is 24.3 Å². The van der Waals surface area contributed by atoms with Crippen LogP contribution in [0.2, 0.25) is 0 Å².